The van der Waals surface area contributed by atoms with E-state index in [0.29, 0.717) is 0 Å². The quantitative estimate of drug-likeness (QED) is 0.713. The molecule has 2 rings (SSSR count). The van der Waals surface area contributed by atoms with Crippen LogP contribution >= 0.6 is 0 Å². The van der Waals surface area contributed by atoms with Gasteiger partial charge in [-0.05, 0) is 32.8 Å². The van der Waals surface area contributed by atoms with E-state index in [9.17, 15) is 4.79 Å². The van der Waals surface area contributed by atoms with Gasteiger partial charge in [-0.25, -0.2) is 0 Å². The van der Waals surface area contributed by atoms with E-state index in [-0.39, 0.29) is 5.78 Å². The van der Waals surface area contributed by atoms with E-state index in [1.165, 1.54) is 25.0 Å². The maximum atomic E-state index is 9.44. The average Bonchev–Trinajstić information content (AvgIpc) is 2.41. The molecule has 19 heavy (non-hydrogen) atoms. The molecule has 0 amide bonds. The highest BCUT2D eigenvalue weighted by molar-refractivity contribution is 5.72. The first-order valence-corrected chi connectivity index (χ1v) is 6.59. The number of hydrogen-bond acceptors (Lipinski definition) is 1. The Kier molecular flexibility index (Phi) is 10.1. The summed E-state index contributed by atoms with van der Waals surface area (Å²) in [5.74, 6) is 0.167. The van der Waals surface area contributed by atoms with Crippen molar-refractivity contribution in [2.45, 2.75) is 34.1 Å². The molecule has 0 aromatic heterocycles. The smallest absolute Gasteiger partial charge is 0.126 e. The first kappa shape index (κ1) is 17.1. The third kappa shape index (κ3) is 12.4. The summed E-state index contributed by atoms with van der Waals surface area (Å²) in [6.45, 7) is 7.30. The van der Waals surface area contributed by atoms with Gasteiger partial charge >= 0.3 is 0 Å². The van der Waals surface area contributed by atoms with E-state index < -0.39 is 0 Å². The van der Waals surface area contributed by atoms with Crippen molar-refractivity contribution in [1.82, 2.24) is 0 Å². The van der Waals surface area contributed by atoms with Crippen molar-refractivity contribution in [1.29, 1.82) is 0 Å². The molecule has 0 aliphatic carbocycles. The number of hydrogen-bond donors (Lipinski definition) is 0. The molecule has 0 bridgehead atoms. The lowest BCUT2D eigenvalue weighted by Gasteiger charge is -1.89. The molecule has 0 heterocycles. The number of benzene rings is 2. The van der Waals surface area contributed by atoms with Crippen molar-refractivity contribution >= 4 is 5.78 Å². The van der Waals surface area contributed by atoms with Gasteiger partial charge in [0.1, 0.15) is 5.78 Å². The van der Waals surface area contributed by atoms with E-state index in [1.54, 1.807) is 0 Å². The van der Waals surface area contributed by atoms with Gasteiger partial charge in [-0.15, -0.1) is 0 Å². The molecular weight excluding hydrogens is 232 g/mol. The molecule has 0 saturated heterocycles. The van der Waals surface area contributed by atoms with E-state index in [2.05, 4.69) is 50.2 Å². The second-order valence-corrected chi connectivity index (χ2v) is 4.40. The number of rotatable bonds is 1. The summed E-state index contributed by atoms with van der Waals surface area (Å²) < 4.78 is 0. The Morgan fingerprint density at radius 3 is 1.42 bits per heavy atom. The Labute approximate surface area is 117 Å². The summed E-state index contributed by atoms with van der Waals surface area (Å²) >= 11 is 0. The molecule has 0 fully saturated rings. The SMILES string of the molecule is CC(C)=O.CCc1ccccc1.Cc1ccccc1. The molecule has 0 aliphatic heterocycles. The highest BCUT2D eigenvalue weighted by atomic mass is 16.1. The van der Waals surface area contributed by atoms with Crippen LogP contribution in [0, 0.1) is 6.92 Å². The van der Waals surface area contributed by atoms with Gasteiger partial charge in [0.05, 0.1) is 0 Å². The fourth-order valence-electron chi connectivity index (χ4n) is 1.25. The minimum atomic E-state index is 0.167. The molecule has 0 unspecified atom stereocenters. The third-order valence-electron chi connectivity index (χ3n) is 2.19. The summed E-state index contributed by atoms with van der Waals surface area (Å²) in [5.41, 5.74) is 2.73. The van der Waals surface area contributed by atoms with Gasteiger partial charge in [0.25, 0.3) is 0 Å². The number of ketones is 1. The first-order chi connectivity index (χ1) is 9.06. The van der Waals surface area contributed by atoms with E-state index in [0.717, 1.165) is 6.42 Å². The zero-order valence-corrected chi connectivity index (χ0v) is 12.4. The highest BCUT2D eigenvalue weighted by Crippen LogP contribution is 1.96. The number of Topliss-reactive ketones (excluding diaryl/α,β-unsaturated/α-hetero) is 1. The van der Waals surface area contributed by atoms with Gasteiger partial charge in [0, 0.05) is 0 Å². The zero-order valence-electron chi connectivity index (χ0n) is 12.4. The average molecular weight is 256 g/mol. The molecule has 2 aromatic carbocycles. The Morgan fingerprint density at radius 1 is 0.842 bits per heavy atom. The lowest BCUT2D eigenvalue weighted by atomic mass is 10.2. The van der Waals surface area contributed by atoms with Crippen LogP contribution in [0.3, 0.4) is 0 Å². The van der Waals surface area contributed by atoms with Gasteiger partial charge in [0.2, 0.25) is 0 Å². The Balaban J connectivity index is 0.000000272. The van der Waals surface area contributed by atoms with Crippen molar-refractivity contribution < 1.29 is 4.79 Å². The molecule has 0 atom stereocenters. The number of carbonyl (C=O) groups excluding carboxylic acids is 1. The maximum Gasteiger partial charge on any atom is 0.126 e. The molecular formula is C18H24O. The van der Waals surface area contributed by atoms with Gasteiger partial charge in [-0.2, -0.15) is 0 Å². The van der Waals surface area contributed by atoms with Crippen molar-refractivity contribution in [3.8, 4) is 0 Å². The minimum absolute atomic E-state index is 0.167. The molecule has 102 valence electrons. The second-order valence-electron chi connectivity index (χ2n) is 4.40. The molecule has 1 nitrogen and oxygen atoms in total. The third-order valence-corrected chi connectivity index (χ3v) is 2.19. The summed E-state index contributed by atoms with van der Waals surface area (Å²) in [5, 5.41) is 0. The lowest BCUT2D eigenvalue weighted by molar-refractivity contribution is -0.114. The first-order valence-electron chi connectivity index (χ1n) is 6.59. The monoisotopic (exact) mass is 256 g/mol. The van der Waals surface area contributed by atoms with Crippen LogP contribution in [0.5, 0.6) is 0 Å². The lowest BCUT2D eigenvalue weighted by Crippen LogP contribution is -1.73. The van der Waals surface area contributed by atoms with Gasteiger partial charge in [-0.3, -0.25) is 0 Å². The molecule has 2 aromatic rings. The molecule has 0 saturated carbocycles. The van der Waals surface area contributed by atoms with Crippen LogP contribution in [0.1, 0.15) is 31.9 Å². The van der Waals surface area contributed by atoms with E-state index in [4.69, 9.17) is 0 Å². The fourth-order valence-corrected chi connectivity index (χ4v) is 1.25. The summed E-state index contributed by atoms with van der Waals surface area (Å²) in [6.07, 6.45) is 1.14. The molecule has 0 radical (unpaired) electrons. The molecule has 0 spiro atoms. The van der Waals surface area contributed by atoms with Crippen molar-refractivity contribution in [2.24, 2.45) is 0 Å². The molecule has 0 aliphatic rings. The highest BCUT2D eigenvalue weighted by Gasteiger charge is 1.80. The predicted molar refractivity (Wildman–Crippen MR) is 83.4 cm³/mol. The Morgan fingerprint density at radius 2 is 1.21 bits per heavy atom. The van der Waals surface area contributed by atoms with Gasteiger partial charge < -0.3 is 4.79 Å². The largest absolute Gasteiger partial charge is 0.300 e. The topological polar surface area (TPSA) is 17.1 Å². The summed E-state index contributed by atoms with van der Waals surface area (Å²) in [6, 6.07) is 20.7. The van der Waals surface area contributed by atoms with Crippen LogP contribution in [0.25, 0.3) is 0 Å². The van der Waals surface area contributed by atoms with Gasteiger partial charge in [0.15, 0.2) is 0 Å². The van der Waals surface area contributed by atoms with Crippen molar-refractivity contribution in [3.63, 3.8) is 0 Å². The minimum Gasteiger partial charge on any atom is -0.300 e. The normalized spacial score (nSPS) is 8.42. The van der Waals surface area contributed by atoms with Crippen LogP contribution < -0.4 is 0 Å². The fraction of sp³-hybridized carbons (Fsp3) is 0.278. The summed E-state index contributed by atoms with van der Waals surface area (Å²) in [4.78, 5) is 9.44. The van der Waals surface area contributed by atoms with E-state index in [1.807, 2.05) is 24.3 Å². The number of carbonyl (C=O) groups is 1. The van der Waals surface area contributed by atoms with Crippen LogP contribution in [-0.4, -0.2) is 5.78 Å². The van der Waals surface area contributed by atoms with Crippen molar-refractivity contribution in [3.05, 3.63) is 71.8 Å². The van der Waals surface area contributed by atoms with Crippen LogP contribution in [0.4, 0.5) is 0 Å². The Hall–Kier alpha value is -1.89. The molecule has 1 heteroatoms. The predicted octanol–water partition coefficient (Wildman–Crippen LogP) is 4.84. The second kappa shape index (κ2) is 11.2. The van der Waals surface area contributed by atoms with E-state index >= 15 is 0 Å². The molecule has 0 N–H and O–H groups in total. The summed E-state index contributed by atoms with van der Waals surface area (Å²) in [7, 11) is 0. The van der Waals surface area contributed by atoms with Crippen molar-refractivity contribution in [2.75, 3.05) is 0 Å². The number of aryl methyl sites for hydroxylation is 2. The maximum absolute atomic E-state index is 9.44. The van der Waals surface area contributed by atoms with Gasteiger partial charge in [-0.1, -0.05) is 73.2 Å². The van der Waals surface area contributed by atoms with Crippen LogP contribution in [0.2, 0.25) is 0 Å². The van der Waals surface area contributed by atoms with Crippen LogP contribution in [-0.2, 0) is 11.2 Å². The Bertz CT molecular complexity index is 428. The standard InChI is InChI=1S/C8H10.C7H8.C3H6O/c1-2-8-6-4-3-5-7-8;1-7-5-3-2-4-6-7;1-3(2)4/h3-7H,2H2,1H3;2-6H,1H3;1-2H3. The zero-order chi connectivity index (χ0) is 14.5. The van der Waals surface area contributed by atoms with Crippen LogP contribution in [0.15, 0.2) is 60.7 Å².